The zero-order valence-electron chi connectivity index (χ0n) is 17.0. The van der Waals surface area contributed by atoms with E-state index >= 15 is 0 Å². The van der Waals surface area contributed by atoms with Crippen molar-refractivity contribution >= 4 is 29.5 Å². The van der Waals surface area contributed by atoms with Crippen molar-refractivity contribution in [2.45, 2.75) is 44.8 Å². The standard InChI is InChI=1S/C18H23N7O5/c1-17(2,3)30-16(28)23-18(6-7-20-24-19)8-14(27)25(10-18)12-5-4-11-15(21-12)22-13(26)9-29-11/h4-5H,6-10H2,1-3H3,(H,23,28)(H,21,22,26). The van der Waals surface area contributed by atoms with Crippen LogP contribution in [0.2, 0.25) is 0 Å². The molecule has 3 rings (SSSR count). The van der Waals surface area contributed by atoms with Crippen molar-refractivity contribution < 1.29 is 23.9 Å². The predicted molar refractivity (Wildman–Crippen MR) is 106 cm³/mol. The van der Waals surface area contributed by atoms with Gasteiger partial charge in [-0.25, -0.2) is 9.78 Å². The molecule has 1 aromatic rings. The van der Waals surface area contributed by atoms with Gasteiger partial charge >= 0.3 is 6.09 Å². The van der Waals surface area contributed by atoms with Gasteiger partial charge in [0.15, 0.2) is 18.2 Å². The third-order valence-corrected chi connectivity index (χ3v) is 4.51. The number of anilines is 2. The number of hydrogen-bond acceptors (Lipinski definition) is 7. The van der Waals surface area contributed by atoms with Crippen molar-refractivity contribution in [3.63, 3.8) is 0 Å². The molecular formula is C18H23N7O5. The summed E-state index contributed by atoms with van der Waals surface area (Å²) in [6, 6.07) is 3.22. The van der Waals surface area contributed by atoms with Crippen LogP contribution in [0.15, 0.2) is 17.2 Å². The van der Waals surface area contributed by atoms with Crippen LogP contribution in [0, 0.1) is 0 Å². The molecule has 160 valence electrons. The molecule has 1 unspecified atom stereocenters. The molecule has 1 atom stereocenters. The van der Waals surface area contributed by atoms with Gasteiger partial charge < -0.3 is 20.1 Å². The lowest BCUT2D eigenvalue weighted by molar-refractivity contribution is -0.119. The van der Waals surface area contributed by atoms with E-state index in [9.17, 15) is 14.4 Å². The Hall–Kier alpha value is -3.53. The SMILES string of the molecule is CC(C)(C)OC(=O)NC1(CCN=[N+]=[N-])CC(=O)N(c2ccc3c(n2)NC(=O)CO3)C1. The number of rotatable bonds is 5. The third-order valence-electron chi connectivity index (χ3n) is 4.51. The van der Waals surface area contributed by atoms with Gasteiger partial charge in [-0.15, -0.1) is 0 Å². The summed E-state index contributed by atoms with van der Waals surface area (Å²) in [6.07, 6.45) is -0.449. The second-order valence-electron chi connectivity index (χ2n) is 8.12. The Morgan fingerprint density at radius 1 is 1.47 bits per heavy atom. The average molecular weight is 417 g/mol. The minimum Gasteiger partial charge on any atom is -0.480 e. The van der Waals surface area contributed by atoms with Crippen molar-refractivity contribution in [1.29, 1.82) is 0 Å². The van der Waals surface area contributed by atoms with E-state index in [-0.39, 0.29) is 50.2 Å². The first-order valence-corrected chi connectivity index (χ1v) is 9.37. The quantitative estimate of drug-likeness (QED) is 0.424. The van der Waals surface area contributed by atoms with Crippen LogP contribution in [0.4, 0.5) is 16.4 Å². The van der Waals surface area contributed by atoms with Crippen LogP contribution in [0.1, 0.15) is 33.6 Å². The lowest BCUT2D eigenvalue weighted by atomic mass is 9.94. The highest BCUT2D eigenvalue weighted by Gasteiger charge is 2.45. The predicted octanol–water partition coefficient (Wildman–Crippen LogP) is 2.11. The van der Waals surface area contributed by atoms with E-state index in [1.807, 2.05) is 0 Å². The molecule has 0 aromatic carbocycles. The Bertz CT molecular complexity index is 922. The molecule has 0 radical (unpaired) electrons. The fourth-order valence-corrected chi connectivity index (χ4v) is 3.29. The smallest absolute Gasteiger partial charge is 0.408 e. The van der Waals surface area contributed by atoms with Gasteiger partial charge in [0, 0.05) is 11.5 Å². The number of aromatic nitrogens is 1. The minimum absolute atomic E-state index is 0.0190. The first-order valence-electron chi connectivity index (χ1n) is 9.37. The van der Waals surface area contributed by atoms with Gasteiger partial charge in [0.1, 0.15) is 11.4 Å². The topological polar surface area (TPSA) is 159 Å². The Labute approximate surface area is 172 Å². The molecular weight excluding hydrogens is 394 g/mol. The summed E-state index contributed by atoms with van der Waals surface area (Å²) in [5.41, 5.74) is 6.88. The zero-order valence-corrected chi connectivity index (χ0v) is 17.0. The molecule has 1 aromatic heterocycles. The summed E-state index contributed by atoms with van der Waals surface area (Å²) in [7, 11) is 0. The summed E-state index contributed by atoms with van der Waals surface area (Å²) in [4.78, 5) is 45.2. The summed E-state index contributed by atoms with van der Waals surface area (Å²) in [6.45, 7) is 5.30. The van der Waals surface area contributed by atoms with Gasteiger partial charge in [0.05, 0.1) is 18.5 Å². The maximum Gasteiger partial charge on any atom is 0.408 e. The number of amides is 3. The number of nitrogens with one attached hydrogen (secondary N) is 2. The molecule has 3 amide bonds. The van der Waals surface area contributed by atoms with E-state index in [1.54, 1.807) is 32.9 Å². The van der Waals surface area contributed by atoms with Gasteiger partial charge in [-0.1, -0.05) is 5.11 Å². The number of fused-ring (bicyclic) bond motifs is 1. The zero-order chi connectivity index (χ0) is 21.9. The summed E-state index contributed by atoms with van der Waals surface area (Å²) < 4.78 is 10.6. The van der Waals surface area contributed by atoms with Gasteiger partial charge in [-0.2, -0.15) is 0 Å². The highest BCUT2D eigenvalue weighted by molar-refractivity contribution is 5.98. The van der Waals surface area contributed by atoms with E-state index in [0.717, 1.165) is 0 Å². The van der Waals surface area contributed by atoms with Crippen molar-refractivity contribution in [1.82, 2.24) is 10.3 Å². The maximum absolute atomic E-state index is 12.8. The number of nitrogens with zero attached hydrogens (tertiary/aromatic N) is 5. The molecule has 2 aliphatic heterocycles. The lowest BCUT2D eigenvalue weighted by Gasteiger charge is -2.31. The molecule has 2 aliphatic rings. The van der Waals surface area contributed by atoms with Crippen LogP contribution in [0.3, 0.4) is 0 Å². The highest BCUT2D eigenvalue weighted by atomic mass is 16.6. The van der Waals surface area contributed by atoms with Gasteiger partial charge in [-0.3, -0.25) is 14.5 Å². The Morgan fingerprint density at radius 2 is 2.23 bits per heavy atom. The summed E-state index contributed by atoms with van der Waals surface area (Å²) >= 11 is 0. The Kier molecular flexibility index (Phi) is 5.70. The first kappa shape index (κ1) is 21.2. The van der Waals surface area contributed by atoms with Crippen LogP contribution < -0.4 is 20.3 Å². The normalized spacial score (nSPS) is 20.6. The molecule has 12 nitrogen and oxygen atoms in total. The van der Waals surface area contributed by atoms with Crippen LogP contribution in [-0.4, -0.2) is 53.7 Å². The second kappa shape index (κ2) is 8.07. The van der Waals surface area contributed by atoms with Crippen molar-refractivity contribution in [2.75, 3.05) is 29.9 Å². The largest absolute Gasteiger partial charge is 0.480 e. The molecule has 30 heavy (non-hydrogen) atoms. The Balaban J connectivity index is 1.83. The van der Waals surface area contributed by atoms with Crippen LogP contribution in [0.5, 0.6) is 5.75 Å². The van der Waals surface area contributed by atoms with Crippen LogP contribution in [0.25, 0.3) is 10.4 Å². The molecule has 2 N–H and O–H groups in total. The molecule has 0 aliphatic carbocycles. The lowest BCUT2D eigenvalue weighted by Crippen LogP contribution is -2.52. The number of carbonyl (C=O) groups is 3. The van der Waals surface area contributed by atoms with Crippen molar-refractivity contribution in [3.05, 3.63) is 22.6 Å². The van der Waals surface area contributed by atoms with Gasteiger partial charge in [-0.05, 0) is 44.9 Å². The molecule has 0 saturated carbocycles. The molecule has 12 heteroatoms. The van der Waals surface area contributed by atoms with Crippen LogP contribution >= 0.6 is 0 Å². The maximum atomic E-state index is 12.8. The van der Waals surface area contributed by atoms with Crippen LogP contribution in [-0.2, 0) is 14.3 Å². The highest BCUT2D eigenvalue weighted by Crippen LogP contribution is 2.33. The van der Waals surface area contributed by atoms with Crippen molar-refractivity contribution in [3.8, 4) is 5.75 Å². The number of alkyl carbamates (subject to hydrolysis) is 1. The van der Waals surface area contributed by atoms with Gasteiger partial charge in [0.25, 0.3) is 5.91 Å². The average Bonchev–Trinajstić information content (AvgIpc) is 2.95. The first-order chi connectivity index (χ1) is 14.1. The van der Waals surface area contributed by atoms with E-state index in [2.05, 4.69) is 25.6 Å². The fourth-order valence-electron chi connectivity index (χ4n) is 3.29. The molecule has 3 heterocycles. The Morgan fingerprint density at radius 3 is 2.93 bits per heavy atom. The number of ether oxygens (including phenoxy) is 2. The molecule has 1 fully saturated rings. The van der Waals surface area contributed by atoms with Crippen molar-refractivity contribution in [2.24, 2.45) is 5.11 Å². The van der Waals surface area contributed by atoms with E-state index in [4.69, 9.17) is 15.0 Å². The second-order valence-corrected chi connectivity index (χ2v) is 8.12. The molecule has 1 saturated heterocycles. The van der Waals surface area contributed by atoms with Gasteiger partial charge in [0.2, 0.25) is 5.91 Å². The third kappa shape index (κ3) is 4.90. The van der Waals surface area contributed by atoms with E-state index in [0.29, 0.717) is 11.6 Å². The number of azide groups is 1. The minimum atomic E-state index is -0.995. The summed E-state index contributed by atoms with van der Waals surface area (Å²) in [5.74, 6) is 0.327. The summed E-state index contributed by atoms with van der Waals surface area (Å²) in [5, 5.41) is 8.91. The van der Waals surface area contributed by atoms with E-state index < -0.39 is 17.2 Å². The van der Waals surface area contributed by atoms with E-state index in [1.165, 1.54) is 4.90 Å². The molecule has 0 bridgehead atoms. The fraction of sp³-hybridized carbons (Fsp3) is 0.556. The number of hydrogen-bond donors (Lipinski definition) is 2. The monoisotopic (exact) mass is 417 g/mol. The number of pyridine rings is 1. The molecule has 0 spiro atoms. The number of carbonyl (C=O) groups excluding carboxylic acids is 3.